The van der Waals surface area contributed by atoms with Gasteiger partial charge in [0.15, 0.2) is 0 Å². The van der Waals surface area contributed by atoms with Crippen molar-refractivity contribution in [3.63, 3.8) is 0 Å². The number of hydrogen-bond acceptors (Lipinski definition) is 3. The summed E-state index contributed by atoms with van der Waals surface area (Å²) in [6.45, 7) is 3.78. The second kappa shape index (κ2) is 5.17. The highest BCUT2D eigenvalue weighted by Crippen LogP contribution is 2.21. The van der Waals surface area contributed by atoms with Crippen molar-refractivity contribution in [2.75, 3.05) is 0 Å². The van der Waals surface area contributed by atoms with Gasteiger partial charge in [0.1, 0.15) is 0 Å². The Morgan fingerprint density at radius 1 is 1.18 bits per heavy atom. The highest BCUT2D eigenvalue weighted by atomic mass is 16.2. The van der Waals surface area contributed by atoms with Gasteiger partial charge in [0, 0.05) is 12.1 Å². The molecule has 1 unspecified atom stereocenters. The largest absolute Gasteiger partial charge is 0.303 e. The lowest BCUT2D eigenvalue weighted by Crippen LogP contribution is -2.45. The van der Waals surface area contributed by atoms with Crippen molar-refractivity contribution in [1.29, 1.82) is 0 Å². The Labute approximate surface area is 103 Å². The van der Waals surface area contributed by atoms with Gasteiger partial charge in [0.05, 0.1) is 12.5 Å². The Morgan fingerprint density at radius 3 is 2.35 bits per heavy atom. The minimum absolute atomic E-state index is 0.0202. The second-order valence-electron chi connectivity index (χ2n) is 5.45. The van der Waals surface area contributed by atoms with Crippen LogP contribution in [0.25, 0.3) is 0 Å². The SMILES string of the molecule is CC(C)N1C(=O)CC(NC2CCCCC2)C1=O. The predicted molar refractivity (Wildman–Crippen MR) is 65.4 cm³/mol. The van der Waals surface area contributed by atoms with Crippen LogP contribution in [0.3, 0.4) is 0 Å². The molecule has 17 heavy (non-hydrogen) atoms. The first-order chi connectivity index (χ1) is 8.09. The fraction of sp³-hybridized carbons (Fsp3) is 0.846. The van der Waals surface area contributed by atoms with E-state index in [1.54, 1.807) is 0 Å². The van der Waals surface area contributed by atoms with Crippen molar-refractivity contribution in [1.82, 2.24) is 10.2 Å². The normalized spacial score (nSPS) is 27.2. The zero-order chi connectivity index (χ0) is 12.4. The molecule has 1 N–H and O–H groups in total. The summed E-state index contributed by atoms with van der Waals surface area (Å²) in [5.41, 5.74) is 0. The molecule has 0 aromatic rings. The minimum Gasteiger partial charge on any atom is -0.303 e. The van der Waals surface area contributed by atoms with Crippen LogP contribution in [-0.2, 0) is 9.59 Å². The molecule has 1 saturated heterocycles. The standard InChI is InChI=1S/C13H22N2O2/c1-9(2)15-12(16)8-11(13(15)17)14-10-6-4-3-5-7-10/h9-11,14H,3-8H2,1-2H3. The molecule has 0 spiro atoms. The summed E-state index contributed by atoms with van der Waals surface area (Å²) in [7, 11) is 0. The van der Waals surface area contributed by atoms with E-state index in [4.69, 9.17) is 0 Å². The van der Waals surface area contributed by atoms with E-state index in [-0.39, 0.29) is 23.9 Å². The first-order valence-electron chi connectivity index (χ1n) is 6.71. The molecule has 2 amide bonds. The van der Waals surface area contributed by atoms with Crippen LogP contribution in [0.2, 0.25) is 0 Å². The van der Waals surface area contributed by atoms with Crippen LogP contribution in [0, 0.1) is 0 Å². The number of nitrogens with zero attached hydrogens (tertiary/aromatic N) is 1. The molecule has 1 heterocycles. The van der Waals surface area contributed by atoms with Gasteiger partial charge in [0.25, 0.3) is 0 Å². The summed E-state index contributed by atoms with van der Waals surface area (Å²) in [6.07, 6.45) is 6.39. The van der Waals surface area contributed by atoms with Gasteiger partial charge in [-0.05, 0) is 26.7 Å². The topological polar surface area (TPSA) is 49.4 Å². The van der Waals surface area contributed by atoms with Crippen LogP contribution in [0.4, 0.5) is 0 Å². The van der Waals surface area contributed by atoms with E-state index in [0.717, 1.165) is 12.8 Å². The van der Waals surface area contributed by atoms with Crippen molar-refractivity contribution in [2.45, 2.75) is 70.5 Å². The molecule has 1 saturated carbocycles. The van der Waals surface area contributed by atoms with E-state index in [9.17, 15) is 9.59 Å². The smallest absolute Gasteiger partial charge is 0.247 e. The number of hydrogen-bond donors (Lipinski definition) is 1. The second-order valence-corrected chi connectivity index (χ2v) is 5.45. The van der Waals surface area contributed by atoms with E-state index in [0.29, 0.717) is 12.5 Å². The molecule has 0 radical (unpaired) electrons. The highest BCUT2D eigenvalue weighted by molar-refractivity contribution is 6.05. The minimum atomic E-state index is -0.270. The summed E-state index contributed by atoms with van der Waals surface area (Å²) >= 11 is 0. The number of rotatable bonds is 3. The number of carbonyl (C=O) groups excluding carboxylic acids is 2. The van der Waals surface area contributed by atoms with Crippen molar-refractivity contribution in [3.05, 3.63) is 0 Å². The summed E-state index contributed by atoms with van der Waals surface area (Å²) in [6, 6.07) is 0.138. The Hall–Kier alpha value is -0.900. The van der Waals surface area contributed by atoms with Gasteiger partial charge in [-0.2, -0.15) is 0 Å². The van der Waals surface area contributed by atoms with Gasteiger partial charge < -0.3 is 5.32 Å². The molecule has 0 aromatic heterocycles. The van der Waals surface area contributed by atoms with Gasteiger partial charge >= 0.3 is 0 Å². The fourth-order valence-corrected chi connectivity index (χ4v) is 2.88. The number of likely N-dealkylation sites (tertiary alicyclic amines) is 1. The predicted octanol–water partition coefficient (Wildman–Crippen LogP) is 1.44. The quantitative estimate of drug-likeness (QED) is 0.757. The van der Waals surface area contributed by atoms with E-state index < -0.39 is 0 Å². The molecule has 2 fully saturated rings. The zero-order valence-electron chi connectivity index (χ0n) is 10.7. The maximum Gasteiger partial charge on any atom is 0.247 e. The first-order valence-corrected chi connectivity index (χ1v) is 6.71. The Kier molecular flexibility index (Phi) is 3.82. The summed E-state index contributed by atoms with van der Waals surface area (Å²) in [4.78, 5) is 25.2. The van der Waals surface area contributed by atoms with Gasteiger partial charge in [-0.1, -0.05) is 19.3 Å². The van der Waals surface area contributed by atoms with E-state index in [1.807, 2.05) is 13.8 Å². The fourth-order valence-electron chi connectivity index (χ4n) is 2.88. The van der Waals surface area contributed by atoms with E-state index >= 15 is 0 Å². The number of amides is 2. The van der Waals surface area contributed by atoms with Crippen molar-refractivity contribution in [3.8, 4) is 0 Å². The van der Waals surface area contributed by atoms with Crippen LogP contribution in [0.1, 0.15) is 52.4 Å². The molecule has 1 atom stereocenters. The average molecular weight is 238 g/mol. The Morgan fingerprint density at radius 2 is 1.82 bits per heavy atom. The summed E-state index contributed by atoms with van der Waals surface area (Å²) < 4.78 is 0. The Bertz CT molecular complexity index is 309. The molecule has 1 aliphatic heterocycles. The first kappa shape index (κ1) is 12.6. The van der Waals surface area contributed by atoms with E-state index in [2.05, 4.69) is 5.32 Å². The van der Waals surface area contributed by atoms with Gasteiger partial charge in [-0.3, -0.25) is 14.5 Å². The maximum absolute atomic E-state index is 12.1. The molecule has 0 aromatic carbocycles. The summed E-state index contributed by atoms with van der Waals surface area (Å²) in [5.74, 6) is -0.0612. The molecular weight excluding hydrogens is 216 g/mol. The van der Waals surface area contributed by atoms with E-state index in [1.165, 1.54) is 24.2 Å². The lowest BCUT2D eigenvalue weighted by atomic mass is 9.95. The molecule has 4 heteroatoms. The maximum atomic E-state index is 12.1. The lowest BCUT2D eigenvalue weighted by molar-refractivity contribution is -0.140. The van der Waals surface area contributed by atoms with Crippen molar-refractivity contribution in [2.24, 2.45) is 0 Å². The number of imide groups is 1. The third kappa shape index (κ3) is 2.68. The van der Waals surface area contributed by atoms with Gasteiger partial charge in [-0.25, -0.2) is 0 Å². The third-order valence-electron chi connectivity index (χ3n) is 3.74. The number of nitrogens with one attached hydrogen (secondary N) is 1. The molecule has 2 aliphatic rings. The average Bonchev–Trinajstić information content (AvgIpc) is 2.55. The summed E-state index contributed by atoms with van der Waals surface area (Å²) in [5, 5.41) is 3.37. The lowest BCUT2D eigenvalue weighted by Gasteiger charge is -2.26. The van der Waals surface area contributed by atoms with Crippen LogP contribution < -0.4 is 5.32 Å². The highest BCUT2D eigenvalue weighted by Gasteiger charge is 2.40. The number of carbonyl (C=O) groups is 2. The van der Waals surface area contributed by atoms with Crippen LogP contribution >= 0.6 is 0 Å². The van der Waals surface area contributed by atoms with Crippen LogP contribution in [0.5, 0.6) is 0 Å². The molecule has 2 rings (SSSR count). The van der Waals surface area contributed by atoms with Crippen molar-refractivity contribution < 1.29 is 9.59 Å². The molecule has 1 aliphatic carbocycles. The van der Waals surface area contributed by atoms with Gasteiger partial charge in [-0.15, -0.1) is 0 Å². The Balaban J connectivity index is 1.94. The molecule has 0 bridgehead atoms. The molecule has 96 valence electrons. The zero-order valence-corrected chi connectivity index (χ0v) is 10.7. The van der Waals surface area contributed by atoms with Crippen LogP contribution in [0.15, 0.2) is 0 Å². The molecule has 4 nitrogen and oxygen atoms in total. The van der Waals surface area contributed by atoms with Crippen LogP contribution in [-0.4, -0.2) is 34.8 Å². The molecular formula is C13H22N2O2. The third-order valence-corrected chi connectivity index (χ3v) is 3.74. The monoisotopic (exact) mass is 238 g/mol. The van der Waals surface area contributed by atoms with Crippen molar-refractivity contribution >= 4 is 11.8 Å². The van der Waals surface area contributed by atoms with Gasteiger partial charge in [0.2, 0.25) is 11.8 Å².